The Morgan fingerprint density at radius 1 is 1.33 bits per heavy atom. The molecule has 0 fully saturated rings. The molecule has 2 aromatic rings. The smallest absolute Gasteiger partial charge is 0.330 e. The van der Waals surface area contributed by atoms with Crippen molar-refractivity contribution < 1.29 is 9.21 Å². The standard InChI is InChI=1S/C19H28N4O4/c1-6-7-8-22(18(25)14-9-12(4)27-13(14)5)15-16(20)23(10-11(2)3)19(26)21-17(15)24/h9,11H,6-8,10,20H2,1-5H3,(H,21,24,26). The summed E-state index contributed by atoms with van der Waals surface area (Å²) in [6.45, 7) is 9.97. The average molecular weight is 376 g/mol. The van der Waals surface area contributed by atoms with E-state index in [1.54, 1.807) is 19.9 Å². The molecule has 2 rings (SSSR count). The number of amides is 1. The van der Waals surface area contributed by atoms with Crippen LogP contribution in [-0.4, -0.2) is 22.0 Å². The van der Waals surface area contributed by atoms with Crippen LogP contribution in [0.25, 0.3) is 0 Å². The van der Waals surface area contributed by atoms with Crippen molar-refractivity contribution >= 4 is 17.4 Å². The number of aryl methyl sites for hydroxylation is 2. The summed E-state index contributed by atoms with van der Waals surface area (Å²) >= 11 is 0. The van der Waals surface area contributed by atoms with E-state index in [9.17, 15) is 14.4 Å². The minimum absolute atomic E-state index is 0.000210. The number of nitrogens with zero attached hydrogens (tertiary/aromatic N) is 2. The second-order valence-electron chi connectivity index (χ2n) is 7.13. The highest BCUT2D eigenvalue weighted by molar-refractivity contribution is 6.07. The number of aromatic nitrogens is 2. The van der Waals surface area contributed by atoms with Crippen LogP contribution in [0.5, 0.6) is 0 Å². The lowest BCUT2D eigenvalue weighted by Gasteiger charge is -2.24. The Balaban J connectivity index is 2.63. The maximum atomic E-state index is 13.2. The first kappa shape index (κ1) is 20.5. The van der Waals surface area contributed by atoms with Gasteiger partial charge in [0.1, 0.15) is 17.3 Å². The molecule has 0 aliphatic rings. The van der Waals surface area contributed by atoms with E-state index in [0.717, 1.165) is 6.42 Å². The third kappa shape index (κ3) is 4.32. The lowest BCUT2D eigenvalue weighted by atomic mass is 10.2. The summed E-state index contributed by atoms with van der Waals surface area (Å²) in [5, 5.41) is 0. The number of hydrogen-bond acceptors (Lipinski definition) is 5. The topological polar surface area (TPSA) is 114 Å². The number of aromatic amines is 1. The van der Waals surface area contributed by atoms with Gasteiger partial charge in [-0.2, -0.15) is 0 Å². The molecule has 0 saturated heterocycles. The van der Waals surface area contributed by atoms with Gasteiger partial charge in [-0.25, -0.2) is 4.79 Å². The minimum Gasteiger partial charge on any atom is -0.466 e. The zero-order valence-electron chi connectivity index (χ0n) is 16.6. The van der Waals surface area contributed by atoms with Crippen molar-refractivity contribution in [3.05, 3.63) is 44.0 Å². The molecule has 0 atom stereocenters. The predicted octanol–water partition coefficient (Wildman–Crippen LogP) is 2.43. The van der Waals surface area contributed by atoms with Crippen LogP contribution in [0.1, 0.15) is 55.5 Å². The Morgan fingerprint density at radius 3 is 2.52 bits per heavy atom. The second-order valence-corrected chi connectivity index (χ2v) is 7.13. The fourth-order valence-corrected chi connectivity index (χ4v) is 3.00. The molecule has 3 N–H and O–H groups in total. The molecule has 27 heavy (non-hydrogen) atoms. The molecule has 148 valence electrons. The molecule has 0 bridgehead atoms. The number of carbonyl (C=O) groups is 1. The molecule has 8 heteroatoms. The van der Waals surface area contributed by atoms with Crippen molar-refractivity contribution in [2.45, 2.75) is 54.0 Å². The molecule has 0 aromatic carbocycles. The fourth-order valence-electron chi connectivity index (χ4n) is 3.00. The molecular formula is C19H28N4O4. The Kier molecular flexibility index (Phi) is 6.30. The normalized spacial score (nSPS) is 11.2. The van der Waals surface area contributed by atoms with Crippen LogP contribution in [0.2, 0.25) is 0 Å². The van der Waals surface area contributed by atoms with Crippen molar-refractivity contribution in [1.82, 2.24) is 9.55 Å². The minimum atomic E-state index is -0.667. The SMILES string of the molecule is CCCCN(C(=O)c1cc(C)oc1C)c1c(N)n(CC(C)C)c(=O)[nH]c1=O. The Hall–Kier alpha value is -2.77. The molecule has 0 radical (unpaired) electrons. The van der Waals surface area contributed by atoms with Gasteiger partial charge in [-0.15, -0.1) is 0 Å². The highest BCUT2D eigenvalue weighted by Gasteiger charge is 2.27. The number of carbonyl (C=O) groups excluding carboxylic acids is 1. The van der Waals surface area contributed by atoms with Crippen LogP contribution in [-0.2, 0) is 6.54 Å². The van der Waals surface area contributed by atoms with E-state index in [4.69, 9.17) is 10.2 Å². The van der Waals surface area contributed by atoms with E-state index in [0.29, 0.717) is 36.6 Å². The highest BCUT2D eigenvalue weighted by Crippen LogP contribution is 2.23. The Morgan fingerprint density at radius 2 is 2.00 bits per heavy atom. The largest absolute Gasteiger partial charge is 0.466 e. The van der Waals surface area contributed by atoms with Crippen LogP contribution in [0.3, 0.4) is 0 Å². The van der Waals surface area contributed by atoms with Crippen LogP contribution < -0.4 is 21.9 Å². The van der Waals surface area contributed by atoms with Crippen molar-refractivity contribution in [2.75, 3.05) is 17.2 Å². The lowest BCUT2D eigenvalue weighted by Crippen LogP contribution is -2.42. The predicted molar refractivity (Wildman–Crippen MR) is 105 cm³/mol. The Labute approximate surface area is 158 Å². The molecule has 0 saturated carbocycles. The van der Waals surface area contributed by atoms with Gasteiger partial charge in [-0.1, -0.05) is 27.2 Å². The van der Waals surface area contributed by atoms with Crippen molar-refractivity contribution in [3.8, 4) is 0 Å². The number of nitrogens with two attached hydrogens (primary N) is 1. The summed E-state index contributed by atoms with van der Waals surface area (Å²) in [5.41, 5.74) is 5.33. The monoisotopic (exact) mass is 376 g/mol. The molecule has 0 unspecified atom stereocenters. The van der Waals surface area contributed by atoms with Gasteiger partial charge in [0.15, 0.2) is 5.69 Å². The zero-order valence-corrected chi connectivity index (χ0v) is 16.6. The number of anilines is 2. The van der Waals surface area contributed by atoms with Crippen LogP contribution in [0.4, 0.5) is 11.5 Å². The molecular weight excluding hydrogens is 348 g/mol. The molecule has 2 aromatic heterocycles. The third-order valence-electron chi connectivity index (χ3n) is 4.28. The quantitative estimate of drug-likeness (QED) is 0.770. The summed E-state index contributed by atoms with van der Waals surface area (Å²) in [6, 6.07) is 1.64. The first-order chi connectivity index (χ1) is 12.7. The van der Waals surface area contributed by atoms with E-state index in [-0.39, 0.29) is 23.3 Å². The van der Waals surface area contributed by atoms with E-state index < -0.39 is 11.2 Å². The van der Waals surface area contributed by atoms with Gasteiger partial charge in [-0.3, -0.25) is 19.1 Å². The van der Waals surface area contributed by atoms with Gasteiger partial charge in [0, 0.05) is 13.1 Å². The van der Waals surface area contributed by atoms with Gasteiger partial charge in [0.05, 0.1) is 5.56 Å². The number of rotatable bonds is 7. The summed E-state index contributed by atoms with van der Waals surface area (Å²) < 4.78 is 6.77. The lowest BCUT2D eigenvalue weighted by molar-refractivity contribution is 0.0984. The average Bonchev–Trinajstić information content (AvgIpc) is 2.92. The maximum absolute atomic E-state index is 13.2. The summed E-state index contributed by atoms with van der Waals surface area (Å²) in [5.74, 6) is 0.856. The van der Waals surface area contributed by atoms with Gasteiger partial charge in [0.25, 0.3) is 11.5 Å². The third-order valence-corrected chi connectivity index (χ3v) is 4.28. The van der Waals surface area contributed by atoms with Crippen molar-refractivity contribution in [2.24, 2.45) is 5.92 Å². The number of unbranched alkanes of at least 4 members (excludes halogenated alkanes) is 1. The summed E-state index contributed by atoms with van der Waals surface area (Å²) in [7, 11) is 0. The van der Waals surface area contributed by atoms with Crippen LogP contribution >= 0.6 is 0 Å². The van der Waals surface area contributed by atoms with Crippen molar-refractivity contribution in [1.29, 1.82) is 0 Å². The molecule has 2 heterocycles. The van der Waals surface area contributed by atoms with E-state index in [1.807, 2.05) is 20.8 Å². The number of nitrogen functional groups attached to an aromatic ring is 1. The highest BCUT2D eigenvalue weighted by atomic mass is 16.3. The fraction of sp³-hybridized carbons (Fsp3) is 0.526. The zero-order chi connectivity index (χ0) is 20.3. The van der Waals surface area contributed by atoms with Gasteiger partial charge < -0.3 is 15.1 Å². The number of hydrogen-bond donors (Lipinski definition) is 2. The number of nitrogens with one attached hydrogen (secondary N) is 1. The van der Waals surface area contributed by atoms with E-state index in [1.165, 1.54) is 9.47 Å². The van der Waals surface area contributed by atoms with Crippen LogP contribution in [0, 0.1) is 19.8 Å². The molecule has 1 amide bonds. The van der Waals surface area contributed by atoms with Crippen molar-refractivity contribution in [3.63, 3.8) is 0 Å². The molecule has 0 aliphatic carbocycles. The Bertz CT molecular complexity index is 936. The van der Waals surface area contributed by atoms with E-state index >= 15 is 0 Å². The van der Waals surface area contributed by atoms with Crippen LogP contribution in [0.15, 0.2) is 20.1 Å². The van der Waals surface area contributed by atoms with Gasteiger partial charge >= 0.3 is 5.69 Å². The molecule has 0 aliphatic heterocycles. The summed E-state index contributed by atoms with van der Waals surface area (Å²) in [6.07, 6.45) is 1.51. The van der Waals surface area contributed by atoms with Gasteiger partial charge in [-0.05, 0) is 32.3 Å². The molecule has 8 nitrogen and oxygen atoms in total. The molecule has 0 spiro atoms. The first-order valence-electron chi connectivity index (χ1n) is 9.18. The number of H-pyrrole nitrogens is 1. The first-order valence-corrected chi connectivity index (χ1v) is 9.18. The summed E-state index contributed by atoms with van der Waals surface area (Å²) in [4.78, 5) is 41.6. The van der Waals surface area contributed by atoms with Gasteiger partial charge in [0.2, 0.25) is 0 Å². The van der Waals surface area contributed by atoms with E-state index in [2.05, 4.69) is 4.98 Å². The number of furan rings is 1. The maximum Gasteiger partial charge on any atom is 0.330 e. The second kappa shape index (κ2) is 8.28.